The van der Waals surface area contributed by atoms with E-state index in [0.717, 1.165) is 38.5 Å². The molecular weight excluding hydrogens is 761 g/mol. The Kier molecular flexibility index (Phi) is 20.2. The van der Waals surface area contributed by atoms with Gasteiger partial charge in [-0.2, -0.15) is 13.2 Å². The average Bonchev–Trinajstić information content (AvgIpc) is 3.18. The van der Waals surface area contributed by atoms with Gasteiger partial charge < -0.3 is 39.9 Å². The molecule has 3 rings (SSSR count). The van der Waals surface area contributed by atoms with Crippen LogP contribution >= 0.6 is 0 Å². The number of allylic oxidation sites excluding steroid dienone is 1. The minimum absolute atomic E-state index is 0.0981. The maximum Gasteiger partial charge on any atom is 0.389 e. The molecule has 0 spiro atoms. The van der Waals surface area contributed by atoms with Crippen molar-refractivity contribution in [1.82, 2.24) is 0 Å². The zero-order chi connectivity index (χ0) is 42.2. The van der Waals surface area contributed by atoms with Crippen LogP contribution in [0.25, 0.3) is 6.08 Å². The van der Waals surface area contributed by atoms with Gasteiger partial charge in [-0.25, -0.2) is 19.2 Å². The molecule has 0 aliphatic rings. The van der Waals surface area contributed by atoms with Crippen LogP contribution in [0.3, 0.4) is 0 Å². The summed E-state index contributed by atoms with van der Waals surface area (Å²) in [5.74, 6) is -1.08. The number of alkyl halides is 3. The van der Waals surface area contributed by atoms with E-state index in [2.05, 4.69) is 0 Å². The SMILES string of the molecule is CC=CC(=O)OCCCCCCOc1c(N)cc(C(=O)OCCCCCCOC(=O)C=Cc2ccc(OC(=O)c3ccc(OCCCC(F)(F)F)cc3)cc2)cc1N. The molecule has 314 valence electrons. The highest BCUT2D eigenvalue weighted by molar-refractivity contribution is 5.93. The summed E-state index contributed by atoms with van der Waals surface area (Å²) in [5.41, 5.74) is 13.8. The first-order valence-electron chi connectivity index (χ1n) is 19.1. The molecule has 0 aliphatic heterocycles. The summed E-state index contributed by atoms with van der Waals surface area (Å²) >= 11 is 0. The number of halogens is 3. The number of carbonyl (C=O) groups is 4. The van der Waals surface area contributed by atoms with Crippen molar-refractivity contribution in [1.29, 1.82) is 0 Å². The lowest BCUT2D eigenvalue weighted by Crippen LogP contribution is -2.10. The van der Waals surface area contributed by atoms with Crippen molar-refractivity contribution < 1.29 is 60.8 Å². The summed E-state index contributed by atoms with van der Waals surface area (Å²) in [6, 6.07) is 15.3. The molecule has 0 heterocycles. The second-order valence-corrected chi connectivity index (χ2v) is 13.0. The van der Waals surface area contributed by atoms with Gasteiger partial charge in [0.2, 0.25) is 0 Å². The van der Waals surface area contributed by atoms with Crippen LogP contribution in [-0.2, 0) is 23.8 Å². The largest absolute Gasteiger partial charge is 0.494 e. The zero-order valence-electron chi connectivity index (χ0n) is 32.6. The molecule has 15 heteroatoms. The molecule has 3 aromatic carbocycles. The summed E-state index contributed by atoms with van der Waals surface area (Å²) in [4.78, 5) is 48.5. The third-order valence-electron chi connectivity index (χ3n) is 8.20. The predicted molar refractivity (Wildman–Crippen MR) is 212 cm³/mol. The van der Waals surface area contributed by atoms with E-state index >= 15 is 0 Å². The normalized spacial score (nSPS) is 11.4. The highest BCUT2D eigenvalue weighted by atomic mass is 19.4. The third kappa shape index (κ3) is 18.8. The lowest BCUT2D eigenvalue weighted by Gasteiger charge is -2.13. The Hall–Kier alpha value is -5.99. The molecule has 0 aromatic heterocycles. The van der Waals surface area contributed by atoms with Gasteiger partial charge in [0.05, 0.1) is 55.5 Å². The molecule has 4 N–H and O–H groups in total. The van der Waals surface area contributed by atoms with E-state index in [1.165, 1.54) is 48.6 Å². The highest BCUT2D eigenvalue weighted by Crippen LogP contribution is 2.31. The highest BCUT2D eigenvalue weighted by Gasteiger charge is 2.26. The van der Waals surface area contributed by atoms with E-state index in [9.17, 15) is 32.3 Å². The molecule has 0 unspecified atom stereocenters. The van der Waals surface area contributed by atoms with Crippen molar-refractivity contribution >= 4 is 41.3 Å². The Morgan fingerprint density at radius 3 is 1.67 bits per heavy atom. The summed E-state index contributed by atoms with van der Waals surface area (Å²) in [6.45, 7) is 2.85. The molecule has 0 atom stereocenters. The van der Waals surface area contributed by atoms with E-state index in [1.807, 2.05) is 0 Å². The van der Waals surface area contributed by atoms with Crippen LogP contribution in [0.2, 0.25) is 0 Å². The summed E-state index contributed by atoms with van der Waals surface area (Å²) in [5, 5.41) is 0. The van der Waals surface area contributed by atoms with E-state index in [4.69, 9.17) is 39.9 Å². The second kappa shape index (κ2) is 25.3. The number of carbonyl (C=O) groups excluding carboxylic acids is 4. The van der Waals surface area contributed by atoms with Crippen LogP contribution < -0.4 is 25.7 Å². The topological polar surface area (TPSA) is 176 Å². The van der Waals surface area contributed by atoms with Gasteiger partial charge in [-0.05, 0) is 125 Å². The second-order valence-electron chi connectivity index (χ2n) is 13.0. The van der Waals surface area contributed by atoms with Crippen LogP contribution in [-0.4, -0.2) is 63.1 Å². The van der Waals surface area contributed by atoms with Gasteiger partial charge in [0.15, 0.2) is 5.75 Å². The van der Waals surface area contributed by atoms with Crippen molar-refractivity contribution in [3.63, 3.8) is 0 Å². The molecule has 3 aromatic rings. The first-order valence-corrected chi connectivity index (χ1v) is 19.1. The molecular formula is C43H51F3N2O10. The minimum atomic E-state index is -4.23. The number of nitrogen functional groups attached to an aromatic ring is 2. The Morgan fingerprint density at radius 2 is 1.10 bits per heavy atom. The Morgan fingerprint density at radius 1 is 0.586 bits per heavy atom. The average molecular weight is 813 g/mol. The van der Waals surface area contributed by atoms with Crippen molar-refractivity contribution in [2.75, 3.05) is 44.5 Å². The number of hydrogen-bond acceptors (Lipinski definition) is 12. The summed E-state index contributed by atoms with van der Waals surface area (Å²) in [6.07, 6.45) is 6.57. The standard InChI is InChI=1S/C43H51F3N2O10/c1-2-12-38(49)54-24-7-3-5-9-26-56-40-36(47)29-33(30-37(40)48)41(51)57-27-10-6-4-8-25-55-39(50)22-15-31-13-18-35(19-14-31)58-42(52)32-16-20-34(21-17-32)53-28-11-23-43(44,45)46/h2,12-22,29-30H,3-11,23-28,47-48H2,1H3. The van der Waals surface area contributed by atoms with Gasteiger partial charge in [0.25, 0.3) is 0 Å². The number of benzene rings is 3. The lowest BCUT2D eigenvalue weighted by atomic mass is 10.1. The van der Waals surface area contributed by atoms with E-state index in [-0.39, 0.29) is 60.5 Å². The van der Waals surface area contributed by atoms with Crippen LogP contribution in [0, 0.1) is 0 Å². The predicted octanol–water partition coefficient (Wildman–Crippen LogP) is 8.82. The fraction of sp³-hybridized carbons (Fsp3) is 0.395. The van der Waals surface area contributed by atoms with Crippen molar-refractivity contribution in [3.8, 4) is 17.2 Å². The molecule has 12 nitrogen and oxygen atoms in total. The molecule has 0 radical (unpaired) electrons. The van der Waals surface area contributed by atoms with Gasteiger partial charge in [0, 0.05) is 18.6 Å². The van der Waals surface area contributed by atoms with Crippen molar-refractivity contribution in [3.05, 3.63) is 95.6 Å². The monoisotopic (exact) mass is 812 g/mol. The number of rotatable bonds is 25. The van der Waals surface area contributed by atoms with E-state index < -0.39 is 30.5 Å². The zero-order valence-corrected chi connectivity index (χ0v) is 32.6. The van der Waals surface area contributed by atoms with Gasteiger partial charge in [0.1, 0.15) is 11.5 Å². The van der Waals surface area contributed by atoms with E-state index in [1.54, 1.807) is 43.3 Å². The number of ether oxygens (including phenoxy) is 6. The molecule has 0 saturated carbocycles. The van der Waals surface area contributed by atoms with Crippen LogP contribution in [0.4, 0.5) is 24.5 Å². The number of nitrogens with two attached hydrogens (primary N) is 2. The van der Waals surface area contributed by atoms with Gasteiger partial charge >= 0.3 is 30.1 Å². The maximum absolute atomic E-state index is 12.6. The third-order valence-corrected chi connectivity index (χ3v) is 8.20. The fourth-order valence-electron chi connectivity index (χ4n) is 5.20. The number of anilines is 2. The van der Waals surface area contributed by atoms with Gasteiger partial charge in [-0.1, -0.05) is 18.2 Å². The summed E-state index contributed by atoms with van der Waals surface area (Å²) in [7, 11) is 0. The Labute approximate surface area is 336 Å². The maximum atomic E-state index is 12.6. The van der Waals surface area contributed by atoms with Crippen molar-refractivity contribution in [2.24, 2.45) is 0 Å². The smallest absolute Gasteiger partial charge is 0.389 e. The van der Waals surface area contributed by atoms with E-state index in [0.29, 0.717) is 43.1 Å². The van der Waals surface area contributed by atoms with Gasteiger partial charge in [-0.3, -0.25) is 0 Å². The lowest BCUT2D eigenvalue weighted by molar-refractivity contribution is -0.138. The van der Waals surface area contributed by atoms with Crippen LogP contribution in [0.1, 0.15) is 97.4 Å². The van der Waals surface area contributed by atoms with Crippen LogP contribution in [0.15, 0.2) is 78.9 Å². The minimum Gasteiger partial charge on any atom is -0.494 e. The molecule has 0 saturated heterocycles. The number of unbranched alkanes of at least 4 members (excludes halogenated alkanes) is 6. The quantitative estimate of drug-likeness (QED) is 0.0208. The van der Waals surface area contributed by atoms with Crippen LogP contribution in [0.5, 0.6) is 17.2 Å². The number of esters is 4. The molecule has 58 heavy (non-hydrogen) atoms. The Balaban J connectivity index is 1.24. The molecule has 0 amide bonds. The summed E-state index contributed by atoms with van der Waals surface area (Å²) < 4.78 is 68.8. The molecule has 0 bridgehead atoms. The number of hydrogen-bond donors (Lipinski definition) is 2. The Bertz CT molecular complexity index is 1790. The van der Waals surface area contributed by atoms with Crippen molar-refractivity contribution in [2.45, 2.75) is 77.3 Å². The fourth-order valence-corrected chi connectivity index (χ4v) is 5.20. The molecule has 0 fully saturated rings. The first-order chi connectivity index (χ1) is 27.8. The first kappa shape index (κ1) is 46.4. The van der Waals surface area contributed by atoms with Gasteiger partial charge in [-0.15, -0.1) is 0 Å². The molecule has 0 aliphatic carbocycles.